The number of rotatable bonds is 3. The average molecular weight is 297 g/mol. The molecule has 0 aromatic carbocycles. The Kier molecular flexibility index (Phi) is 3.82. The van der Waals surface area contributed by atoms with Gasteiger partial charge in [0.2, 0.25) is 0 Å². The van der Waals surface area contributed by atoms with Crippen LogP contribution < -0.4 is 5.32 Å². The van der Waals surface area contributed by atoms with Crippen molar-refractivity contribution in [3.63, 3.8) is 0 Å². The van der Waals surface area contributed by atoms with Gasteiger partial charge in [-0.25, -0.2) is 15.0 Å². The number of amides is 1. The van der Waals surface area contributed by atoms with Crippen molar-refractivity contribution in [1.82, 2.24) is 20.3 Å². The molecule has 100 valence electrons. The summed E-state index contributed by atoms with van der Waals surface area (Å²) in [6, 6.07) is 0. The lowest BCUT2D eigenvalue weighted by Gasteiger charge is -2.23. The maximum Gasteiger partial charge on any atom is 0.273 e. The lowest BCUT2D eigenvalue weighted by Crippen LogP contribution is -2.41. The first-order valence-corrected chi connectivity index (χ1v) is 6.81. The number of halogens is 1. The number of aromatic nitrogens is 3. The standard InChI is InChI=1S/C12H13ClN4OS/c1-7-6-16-11(19-7)12(2,3)17-10(18)8-9(13)15-5-4-14-8/h4-6H,1-3H3,(H,17,18). The molecule has 1 amide bonds. The van der Waals surface area contributed by atoms with Gasteiger partial charge in [0.05, 0.1) is 5.54 Å². The van der Waals surface area contributed by atoms with E-state index in [0.717, 1.165) is 9.88 Å². The number of nitrogens with one attached hydrogen (secondary N) is 1. The van der Waals surface area contributed by atoms with Gasteiger partial charge >= 0.3 is 0 Å². The van der Waals surface area contributed by atoms with Gasteiger partial charge < -0.3 is 5.32 Å². The van der Waals surface area contributed by atoms with E-state index in [1.807, 2.05) is 20.8 Å². The molecule has 2 heterocycles. The molecule has 0 saturated heterocycles. The molecule has 0 aliphatic heterocycles. The molecule has 0 bridgehead atoms. The molecular formula is C12H13ClN4OS. The van der Waals surface area contributed by atoms with E-state index in [-0.39, 0.29) is 16.8 Å². The molecule has 0 unspecified atom stereocenters. The van der Waals surface area contributed by atoms with E-state index in [1.165, 1.54) is 12.4 Å². The first-order chi connectivity index (χ1) is 8.90. The van der Waals surface area contributed by atoms with Crippen molar-refractivity contribution in [2.75, 3.05) is 0 Å². The van der Waals surface area contributed by atoms with Crippen LogP contribution in [0.3, 0.4) is 0 Å². The summed E-state index contributed by atoms with van der Waals surface area (Å²) in [5, 5.41) is 3.79. The number of thiazole rings is 1. The van der Waals surface area contributed by atoms with Crippen LogP contribution in [0.2, 0.25) is 5.15 Å². The monoisotopic (exact) mass is 296 g/mol. The molecule has 1 N–H and O–H groups in total. The minimum absolute atomic E-state index is 0.0890. The highest BCUT2D eigenvalue weighted by Crippen LogP contribution is 2.25. The molecule has 0 atom stereocenters. The summed E-state index contributed by atoms with van der Waals surface area (Å²) in [5.41, 5.74) is -0.470. The number of hydrogen-bond acceptors (Lipinski definition) is 5. The molecule has 0 fully saturated rings. The van der Waals surface area contributed by atoms with E-state index in [4.69, 9.17) is 11.6 Å². The van der Waals surface area contributed by atoms with Crippen LogP contribution >= 0.6 is 22.9 Å². The molecule has 2 aromatic rings. The molecule has 0 aliphatic rings. The van der Waals surface area contributed by atoms with Gasteiger partial charge in [0, 0.05) is 23.5 Å². The van der Waals surface area contributed by atoms with Crippen molar-refractivity contribution < 1.29 is 4.79 Å². The maximum absolute atomic E-state index is 12.1. The number of nitrogens with zero attached hydrogens (tertiary/aromatic N) is 3. The predicted octanol–water partition coefficient (Wildman–Crippen LogP) is 2.56. The highest BCUT2D eigenvalue weighted by molar-refractivity contribution is 7.11. The summed E-state index contributed by atoms with van der Waals surface area (Å²) in [6.45, 7) is 5.74. The summed E-state index contributed by atoms with van der Waals surface area (Å²) in [5.74, 6) is -0.365. The minimum atomic E-state index is -0.586. The smallest absolute Gasteiger partial charge is 0.273 e. The third kappa shape index (κ3) is 3.08. The Labute approximate surface area is 120 Å². The fraction of sp³-hybridized carbons (Fsp3) is 0.333. The zero-order valence-corrected chi connectivity index (χ0v) is 12.3. The molecule has 0 aliphatic carbocycles. The van der Waals surface area contributed by atoms with Gasteiger partial charge in [-0.3, -0.25) is 4.79 Å². The number of carbonyl (C=O) groups is 1. The molecule has 0 saturated carbocycles. The second-order valence-corrected chi connectivity index (χ2v) is 6.14. The molecule has 5 nitrogen and oxygen atoms in total. The molecule has 2 rings (SSSR count). The Morgan fingerprint density at radius 2 is 2.00 bits per heavy atom. The predicted molar refractivity (Wildman–Crippen MR) is 74.4 cm³/mol. The topological polar surface area (TPSA) is 67.8 Å². The van der Waals surface area contributed by atoms with Crippen LogP contribution in [-0.4, -0.2) is 20.9 Å². The Morgan fingerprint density at radius 3 is 2.58 bits per heavy atom. The molecule has 2 aromatic heterocycles. The number of aryl methyl sites for hydroxylation is 1. The zero-order valence-electron chi connectivity index (χ0n) is 10.8. The van der Waals surface area contributed by atoms with Crippen LogP contribution in [0.1, 0.15) is 34.2 Å². The second-order valence-electron chi connectivity index (χ2n) is 4.55. The van der Waals surface area contributed by atoms with Crippen molar-refractivity contribution in [2.24, 2.45) is 0 Å². The number of carbonyl (C=O) groups excluding carboxylic acids is 1. The first-order valence-electron chi connectivity index (χ1n) is 5.62. The van der Waals surface area contributed by atoms with Crippen LogP contribution in [0.25, 0.3) is 0 Å². The van der Waals surface area contributed by atoms with Crippen LogP contribution in [0.4, 0.5) is 0 Å². The molecule has 7 heteroatoms. The first kappa shape index (κ1) is 13.9. The third-order valence-electron chi connectivity index (χ3n) is 2.45. The van der Waals surface area contributed by atoms with Gasteiger partial charge in [0.1, 0.15) is 5.01 Å². The largest absolute Gasteiger partial charge is 0.339 e. The Morgan fingerprint density at radius 1 is 1.32 bits per heavy atom. The summed E-state index contributed by atoms with van der Waals surface area (Å²) in [4.78, 5) is 25.3. The summed E-state index contributed by atoms with van der Waals surface area (Å²) < 4.78 is 0. The summed E-state index contributed by atoms with van der Waals surface area (Å²) in [7, 11) is 0. The number of hydrogen-bond donors (Lipinski definition) is 1. The van der Waals surface area contributed by atoms with Gasteiger partial charge in [0.25, 0.3) is 5.91 Å². The van der Waals surface area contributed by atoms with Crippen LogP contribution in [0.15, 0.2) is 18.6 Å². The summed E-state index contributed by atoms with van der Waals surface area (Å²) >= 11 is 7.39. The van der Waals surface area contributed by atoms with Crippen molar-refractivity contribution in [3.05, 3.63) is 39.3 Å². The zero-order chi connectivity index (χ0) is 14.0. The maximum atomic E-state index is 12.1. The van der Waals surface area contributed by atoms with Crippen molar-refractivity contribution >= 4 is 28.8 Å². The fourth-order valence-corrected chi connectivity index (χ4v) is 2.53. The third-order valence-corrected chi connectivity index (χ3v) is 3.96. The lowest BCUT2D eigenvalue weighted by atomic mass is 10.1. The Hall–Kier alpha value is -1.53. The van der Waals surface area contributed by atoms with E-state index in [2.05, 4.69) is 20.3 Å². The highest BCUT2D eigenvalue weighted by Gasteiger charge is 2.28. The van der Waals surface area contributed by atoms with Crippen molar-refractivity contribution in [2.45, 2.75) is 26.3 Å². The summed E-state index contributed by atoms with van der Waals surface area (Å²) in [6.07, 6.45) is 4.65. The van der Waals surface area contributed by atoms with Crippen molar-refractivity contribution in [3.8, 4) is 0 Å². The minimum Gasteiger partial charge on any atom is -0.339 e. The van der Waals surface area contributed by atoms with E-state index in [1.54, 1.807) is 17.5 Å². The quantitative estimate of drug-likeness (QED) is 0.945. The van der Waals surface area contributed by atoms with E-state index >= 15 is 0 Å². The molecule has 0 spiro atoms. The van der Waals surface area contributed by atoms with Gasteiger partial charge in [-0.1, -0.05) is 11.6 Å². The normalized spacial score (nSPS) is 11.4. The van der Waals surface area contributed by atoms with Gasteiger partial charge in [-0.05, 0) is 20.8 Å². The van der Waals surface area contributed by atoms with E-state index in [9.17, 15) is 4.79 Å². The van der Waals surface area contributed by atoms with Gasteiger partial charge in [-0.2, -0.15) is 0 Å². The molecule has 19 heavy (non-hydrogen) atoms. The van der Waals surface area contributed by atoms with E-state index < -0.39 is 5.54 Å². The second kappa shape index (κ2) is 5.22. The van der Waals surface area contributed by atoms with Crippen LogP contribution in [-0.2, 0) is 5.54 Å². The van der Waals surface area contributed by atoms with E-state index in [0.29, 0.717) is 0 Å². The Bertz CT molecular complexity index is 611. The molecule has 0 radical (unpaired) electrons. The fourth-order valence-electron chi connectivity index (χ4n) is 1.51. The average Bonchev–Trinajstić information content (AvgIpc) is 2.76. The van der Waals surface area contributed by atoms with Crippen molar-refractivity contribution in [1.29, 1.82) is 0 Å². The lowest BCUT2D eigenvalue weighted by molar-refractivity contribution is 0.0906. The highest BCUT2D eigenvalue weighted by atomic mass is 35.5. The molecular weight excluding hydrogens is 284 g/mol. The van der Waals surface area contributed by atoms with Gasteiger partial charge in [-0.15, -0.1) is 11.3 Å². The van der Waals surface area contributed by atoms with Crippen LogP contribution in [0.5, 0.6) is 0 Å². The SMILES string of the molecule is Cc1cnc(C(C)(C)NC(=O)c2nccnc2Cl)s1. The Balaban J connectivity index is 2.21. The van der Waals surface area contributed by atoms with Gasteiger partial charge in [0.15, 0.2) is 10.8 Å². The van der Waals surface area contributed by atoms with Crippen LogP contribution in [0, 0.1) is 6.92 Å².